The van der Waals surface area contributed by atoms with Crippen molar-refractivity contribution in [3.8, 4) is 0 Å². The molecule has 0 unspecified atom stereocenters. The van der Waals surface area contributed by atoms with Crippen LogP contribution in [-0.2, 0) is 0 Å². The lowest BCUT2D eigenvalue weighted by Crippen LogP contribution is -2.33. The van der Waals surface area contributed by atoms with Crippen molar-refractivity contribution in [2.45, 2.75) is 0 Å². The second kappa shape index (κ2) is 5.19. The summed E-state index contributed by atoms with van der Waals surface area (Å²) >= 11 is 0. The Balaban J connectivity index is 3.02. The molecule has 0 saturated carbocycles. The average Bonchev–Trinajstić information content (AvgIpc) is 2.18. The summed E-state index contributed by atoms with van der Waals surface area (Å²) in [7, 11) is 1.68. The first-order chi connectivity index (χ1) is 6.79. The molecule has 0 aliphatic rings. The van der Waals surface area contributed by atoms with Gasteiger partial charge in [0, 0.05) is 12.6 Å². The molecule has 0 aliphatic heterocycles. The van der Waals surface area contributed by atoms with Crippen LogP contribution in [0.3, 0.4) is 0 Å². The topological polar surface area (TPSA) is 36.1 Å². The Labute approximate surface area is 82.3 Å². The minimum Gasteiger partial charge on any atom is -0.305 e. The molecule has 14 heavy (non-hydrogen) atoms. The molecule has 1 aromatic rings. The first-order valence-electron chi connectivity index (χ1n) is 4.11. The van der Waals surface area contributed by atoms with Gasteiger partial charge in [-0.3, -0.25) is 0 Å². The van der Waals surface area contributed by atoms with Crippen molar-refractivity contribution in [2.75, 3.05) is 12.5 Å². The molecule has 0 aliphatic carbocycles. The number of hydrogen-bond donors (Lipinski definition) is 3. The molecule has 1 aromatic carbocycles. The van der Waals surface area contributed by atoms with E-state index in [1.807, 2.05) is 0 Å². The first-order valence-corrected chi connectivity index (χ1v) is 4.11. The fourth-order valence-corrected chi connectivity index (χ4v) is 1.03. The van der Waals surface area contributed by atoms with E-state index in [0.29, 0.717) is 11.3 Å². The fourth-order valence-electron chi connectivity index (χ4n) is 1.03. The lowest BCUT2D eigenvalue weighted by molar-refractivity contribution is 0.615. The summed E-state index contributed by atoms with van der Waals surface area (Å²) in [5.74, 6) is -0.336. The van der Waals surface area contributed by atoms with E-state index >= 15 is 0 Å². The van der Waals surface area contributed by atoms with Crippen molar-refractivity contribution >= 4 is 11.8 Å². The number of nitrogens with one attached hydrogen (secondary N) is 3. The van der Waals surface area contributed by atoms with Crippen LogP contribution in [-0.4, -0.2) is 7.05 Å². The van der Waals surface area contributed by atoms with Gasteiger partial charge >= 0.3 is 0 Å². The predicted octanol–water partition coefficient (Wildman–Crippen LogP) is 1.67. The maximum Gasteiger partial charge on any atom is 0.148 e. The largest absolute Gasteiger partial charge is 0.305 e. The molecule has 3 N–H and O–H groups in total. The van der Waals surface area contributed by atoms with E-state index in [1.165, 1.54) is 6.07 Å². The second-order valence-electron chi connectivity index (χ2n) is 2.55. The van der Waals surface area contributed by atoms with Gasteiger partial charge in [0.2, 0.25) is 0 Å². The maximum absolute atomic E-state index is 13.3. The third-order valence-electron chi connectivity index (χ3n) is 1.62. The number of hydrogen-bond acceptors (Lipinski definition) is 3. The van der Waals surface area contributed by atoms with E-state index in [2.05, 4.69) is 28.7 Å². The zero-order valence-electron chi connectivity index (χ0n) is 7.89. The fraction of sp³-hybridized carbons (Fsp3) is 0.100. The highest BCUT2D eigenvalue weighted by Crippen LogP contribution is 2.19. The molecule has 0 heterocycles. The highest BCUT2D eigenvalue weighted by atomic mass is 19.1. The van der Waals surface area contributed by atoms with Gasteiger partial charge in [-0.15, -0.1) is 5.73 Å². The Kier molecular flexibility index (Phi) is 3.88. The lowest BCUT2D eigenvalue weighted by Gasteiger charge is -2.10. The maximum atomic E-state index is 13.3. The minimum absolute atomic E-state index is 0.336. The van der Waals surface area contributed by atoms with E-state index in [1.54, 1.807) is 25.3 Å². The van der Waals surface area contributed by atoms with Gasteiger partial charge in [0.1, 0.15) is 5.82 Å². The molecule has 3 nitrogen and oxygen atoms in total. The highest BCUT2D eigenvalue weighted by Gasteiger charge is 2.04. The van der Waals surface area contributed by atoms with Crippen LogP contribution in [0.15, 0.2) is 30.5 Å². The molecule has 0 radical (unpaired) electrons. The molecule has 0 spiro atoms. The highest BCUT2D eigenvalue weighted by molar-refractivity contribution is 5.66. The van der Waals surface area contributed by atoms with Crippen molar-refractivity contribution in [1.82, 2.24) is 11.0 Å². The van der Waals surface area contributed by atoms with E-state index in [-0.39, 0.29) is 5.82 Å². The monoisotopic (exact) mass is 193 g/mol. The van der Waals surface area contributed by atoms with Crippen LogP contribution in [0.25, 0.3) is 6.08 Å². The number of para-hydroxylation sites is 1. The number of benzene rings is 1. The van der Waals surface area contributed by atoms with Gasteiger partial charge in [-0.1, -0.05) is 18.7 Å². The smallest absolute Gasteiger partial charge is 0.148 e. The van der Waals surface area contributed by atoms with E-state index in [0.717, 1.165) is 0 Å². The summed E-state index contributed by atoms with van der Waals surface area (Å²) in [4.78, 5) is 0. The molecule has 0 saturated heterocycles. The van der Waals surface area contributed by atoms with Gasteiger partial charge < -0.3 is 5.43 Å². The molecule has 4 heteroatoms. The van der Waals surface area contributed by atoms with Crippen molar-refractivity contribution < 1.29 is 4.39 Å². The zero-order valence-corrected chi connectivity index (χ0v) is 7.89. The predicted molar refractivity (Wildman–Crippen MR) is 55.8 cm³/mol. The summed E-state index contributed by atoms with van der Waals surface area (Å²) in [6.45, 7) is 3.44. The summed E-state index contributed by atoms with van der Waals surface area (Å²) in [5.41, 5.74) is 11.6. The van der Waals surface area contributed by atoms with Gasteiger partial charge in [0.25, 0.3) is 0 Å². The Morgan fingerprint density at radius 1 is 1.50 bits per heavy atom. The van der Waals surface area contributed by atoms with Gasteiger partial charge in [-0.05, 0) is 12.1 Å². The molecule has 0 aromatic heterocycles. The Morgan fingerprint density at radius 2 is 2.29 bits per heavy atom. The van der Waals surface area contributed by atoms with Crippen molar-refractivity contribution in [2.24, 2.45) is 0 Å². The van der Waals surface area contributed by atoms with E-state index in [9.17, 15) is 4.39 Å². The number of hydrazine groups is 2. The molecular formula is C10H12FN3. The van der Waals surface area contributed by atoms with Crippen molar-refractivity contribution in [3.05, 3.63) is 41.9 Å². The average molecular weight is 193 g/mol. The van der Waals surface area contributed by atoms with Crippen molar-refractivity contribution in [3.63, 3.8) is 0 Å². The Hall–Kier alpha value is -1.61. The van der Waals surface area contributed by atoms with Crippen LogP contribution >= 0.6 is 0 Å². The summed E-state index contributed by atoms with van der Waals surface area (Å²) < 4.78 is 13.3. The van der Waals surface area contributed by atoms with Crippen LogP contribution in [0, 0.1) is 5.82 Å². The van der Waals surface area contributed by atoms with Crippen LogP contribution < -0.4 is 16.4 Å². The quantitative estimate of drug-likeness (QED) is 0.503. The first kappa shape index (κ1) is 10.5. The van der Waals surface area contributed by atoms with Crippen molar-refractivity contribution in [1.29, 1.82) is 0 Å². The van der Waals surface area contributed by atoms with Crippen LogP contribution in [0.4, 0.5) is 10.1 Å². The molecule has 0 amide bonds. The Bertz CT molecular complexity index is 356. The number of rotatable bonds is 4. The minimum atomic E-state index is -0.336. The molecule has 0 bridgehead atoms. The third kappa shape index (κ3) is 2.44. The summed E-state index contributed by atoms with van der Waals surface area (Å²) in [6, 6.07) is 4.77. The van der Waals surface area contributed by atoms with Gasteiger partial charge in [0.05, 0.1) is 5.69 Å². The molecule has 1 rings (SSSR count). The van der Waals surface area contributed by atoms with E-state index in [4.69, 9.17) is 0 Å². The third-order valence-corrected chi connectivity index (χ3v) is 1.62. The molecular weight excluding hydrogens is 181 g/mol. The van der Waals surface area contributed by atoms with Gasteiger partial charge in [0.15, 0.2) is 0 Å². The molecule has 74 valence electrons. The molecule has 0 fully saturated rings. The van der Waals surface area contributed by atoms with Crippen LogP contribution in [0.5, 0.6) is 0 Å². The number of anilines is 1. The Morgan fingerprint density at radius 3 is 2.93 bits per heavy atom. The molecule has 0 atom stereocenters. The van der Waals surface area contributed by atoms with Gasteiger partial charge in [-0.2, -0.15) is 5.53 Å². The van der Waals surface area contributed by atoms with Crippen LogP contribution in [0.1, 0.15) is 5.56 Å². The zero-order chi connectivity index (χ0) is 10.4. The lowest BCUT2D eigenvalue weighted by atomic mass is 10.1. The van der Waals surface area contributed by atoms with Crippen LogP contribution in [0.2, 0.25) is 0 Å². The second-order valence-corrected chi connectivity index (χ2v) is 2.55. The SMILES string of the molecule is C=C=Cc1cccc(F)c1NNNC. The standard InChI is InChI=1S/C10H12FN3/c1-3-5-8-6-4-7-9(11)10(8)13-14-12-2/h4-7,12-14H,1H2,2H3. The summed E-state index contributed by atoms with van der Waals surface area (Å²) in [5, 5.41) is 0. The summed E-state index contributed by atoms with van der Waals surface area (Å²) in [6.07, 6.45) is 1.60. The normalized spacial score (nSPS) is 9.29. The van der Waals surface area contributed by atoms with Gasteiger partial charge in [-0.25, -0.2) is 9.82 Å². The number of halogens is 1. The van der Waals surface area contributed by atoms with E-state index < -0.39 is 0 Å².